The Labute approximate surface area is 224 Å². The van der Waals surface area contributed by atoms with Crippen LogP contribution >= 0.6 is 22.9 Å². The Morgan fingerprint density at radius 3 is 2.49 bits per heavy atom. The molecule has 1 aliphatic rings. The molecule has 37 heavy (non-hydrogen) atoms. The second-order valence-electron chi connectivity index (χ2n) is 9.02. The van der Waals surface area contributed by atoms with Gasteiger partial charge >= 0.3 is 0 Å². The summed E-state index contributed by atoms with van der Waals surface area (Å²) in [6.45, 7) is 4.88. The molecular weight excluding hydrogens is 511 g/mol. The van der Waals surface area contributed by atoms with E-state index in [0.717, 1.165) is 57.8 Å². The van der Waals surface area contributed by atoms with Gasteiger partial charge in [0.25, 0.3) is 0 Å². The van der Waals surface area contributed by atoms with Crippen molar-refractivity contribution >= 4 is 45.3 Å². The summed E-state index contributed by atoms with van der Waals surface area (Å²) in [4.78, 5) is 28.0. The van der Waals surface area contributed by atoms with Crippen molar-refractivity contribution in [3.8, 4) is 16.2 Å². The van der Waals surface area contributed by atoms with Gasteiger partial charge in [-0.3, -0.25) is 9.69 Å². The number of piperazine rings is 1. The van der Waals surface area contributed by atoms with Gasteiger partial charge < -0.3 is 9.64 Å². The predicted molar refractivity (Wildman–Crippen MR) is 147 cm³/mol. The molecule has 0 radical (unpaired) electrons. The van der Waals surface area contributed by atoms with Gasteiger partial charge in [-0.1, -0.05) is 37.1 Å². The summed E-state index contributed by atoms with van der Waals surface area (Å²) < 4.78 is 19.4. The molecule has 192 valence electrons. The molecule has 1 saturated heterocycles. The third-order valence-electron chi connectivity index (χ3n) is 6.46. The molecule has 3 heterocycles. The zero-order valence-corrected chi connectivity index (χ0v) is 22.1. The number of carbonyl (C=O) groups is 1. The second-order valence-corrected chi connectivity index (χ2v) is 10.5. The molecule has 6 nitrogen and oxygen atoms in total. The summed E-state index contributed by atoms with van der Waals surface area (Å²) in [5, 5.41) is 1.62. The van der Waals surface area contributed by atoms with Crippen LogP contribution in [0.15, 0.2) is 54.6 Å². The fourth-order valence-electron chi connectivity index (χ4n) is 4.42. The maximum Gasteiger partial charge on any atom is 0.209 e. The SMILES string of the molecule is CCCCc1nc(N2CCN(C(C=O)Oc3ccc(Cl)cc3)CC2)c2cc(-c3ccc(F)cc3)sc2n1. The summed E-state index contributed by atoms with van der Waals surface area (Å²) in [6.07, 6.45) is 3.09. The topological polar surface area (TPSA) is 58.6 Å². The minimum atomic E-state index is -0.667. The second kappa shape index (κ2) is 11.5. The minimum absolute atomic E-state index is 0.251. The number of nitrogens with zero attached hydrogens (tertiary/aromatic N) is 4. The molecule has 1 aliphatic heterocycles. The van der Waals surface area contributed by atoms with Gasteiger partial charge in [0.1, 0.15) is 28.0 Å². The molecule has 0 amide bonds. The normalized spacial score (nSPS) is 15.2. The number of aryl methyl sites for hydroxylation is 1. The summed E-state index contributed by atoms with van der Waals surface area (Å²) in [5.41, 5.74) is 0.962. The van der Waals surface area contributed by atoms with Crippen LogP contribution in [0, 0.1) is 5.82 Å². The highest BCUT2D eigenvalue weighted by Crippen LogP contribution is 2.37. The van der Waals surface area contributed by atoms with Crippen LogP contribution < -0.4 is 9.64 Å². The first-order chi connectivity index (χ1) is 18.0. The Kier molecular flexibility index (Phi) is 7.98. The van der Waals surface area contributed by atoms with E-state index in [-0.39, 0.29) is 5.82 Å². The molecule has 0 bridgehead atoms. The number of hydrogen-bond donors (Lipinski definition) is 0. The third kappa shape index (κ3) is 5.92. The van der Waals surface area contributed by atoms with Crippen LogP contribution in [-0.4, -0.2) is 53.6 Å². The Bertz CT molecular complexity index is 1360. The molecule has 1 unspecified atom stereocenters. The number of benzene rings is 2. The van der Waals surface area contributed by atoms with Crippen LogP contribution in [0.2, 0.25) is 5.02 Å². The van der Waals surface area contributed by atoms with Gasteiger partial charge in [-0.25, -0.2) is 14.4 Å². The van der Waals surface area contributed by atoms with E-state index in [2.05, 4.69) is 17.9 Å². The van der Waals surface area contributed by atoms with Gasteiger partial charge in [-0.15, -0.1) is 11.3 Å². The van der Waals surface area contributed by atoms with Crippen LogP contribution in [-0.2, 0) is 11.2 Å². The quantitative estimate of drug-likeness (QED) is 0.236. The lowest BCUT2D eigenvalue weighted by Crippen LogP contribution is -2.53. The maximum atomic E-state index is 13.5. The number of thiophene rings is 1. The number of hydrogen-bond acceptors (Lipinski definition) is 7. The standard InChI is InChI=1S/C28H28ClFN4O2S/c1-2-3-4-25-31-27(23-17-24(37-28(23)32-25)19-5-9-21(30)10-6-19)34-15-13-33(14-16-34)26(18-35)36-22-11-7-20(29)8-12-22/h5-12,17-18,26H,2-4,13-16H2,1H3. The summed E-state index contributed by atoms with van der Waals surface area (Å²) in [7, 11) is 0. The van der Waals surface area contributed by atoms with E-state index in [4.69, 9.17) is 26.3 Å². The molecular formula is C28H28ClFN4O2S. The fraction of sp³-hybridized carbons (Fsp3) is 0.321. The summed E-state index contributed by atoms with van der Waals surface area (Å²) >= 11 is 7.57. The average molecular weight is 539 g/mol. The van der Waals surface area contributed by atoms with E-state index < -0.39 is 6.23 Å². The summed E-state index contributed by atoms with van der Waals surface area (Å²) in [5.74, 6) is 2.12. The van der Waals surface area contributed by atoms with Crippen LogP contribution in [0.5, 0.6) is 5.75 Å². The number of fused-ring (bicyclic) bond motifs is 1. The number of rotatable bonds is 9. The molecule has 1 fully saturated rings. The Balaban J connectivity index is 1.37. The predicted octanol–water partition coefficient (Wildman–Crippen LogP) is 6.22. The minimum Gasteiger partial charge on any atom is -0.468 e. The number of unbranched alkanes of at least 4 members (excludes halogenated alkanes) is 1. The first-order valence-electron chi connectivity index (χ1n) is 12.5. The number of halogens is 2. The number of aldehydes is 1. The van der Waals surface area contributed by atoms with E-state index in [0.29, 0.717) is 37.0 Å². The highest BCUT2D eigenvalue weighted by molar-refractivity contribution is 7.21. The number of aromatic nitrogens is 2. The number of ether oxygens (including phenoxy) is 1. The third-order valence-corrected chi connectivity index (χ3v) is 7.79. The van der Waals surface area contributed by atoms with Crippen LogP contribution in [0.4, 0.5) is 10.2 Å². The first kappa shape index (κ1) is 25.6. The van der Waals surface area contributed by atoms with Crippen molar-refractivity contribution < 1.29 is 13.9 Å². The fourth-order valence-corrected chi connectivity index (χ4v) is 5.60. The Hall–Kier alpha value is -3.07. The van der Waals surface area contributed by atoms with Gasteiger partial charge in [-0.2, -0.15) is 0 Å². The molecule has 4 aromatic rings. The summed E-state index contributed by atoms with van der Waals surface area (Å²) in [6, 6.07) is 15.7. The van der Waals surface area contributed by atoms with E-state index in [9.17, 15) is 9.18 Å². The van der Waals surface area contributed by atoms with Crippen molar-refractivity contribution in [2.45, 2.75) is 32.4 Å². The van der Waals surface area contributed by atoms with E-state index in [1.807, 2.05) is 4.90 Å². The van der Waals surface area contributed by atoms with E-state index in [1.165, 1.54) is 12.1 Å². The van der Waals surface area contributed by atoms with Gasteiger partial charge in [0.05, 0.1) is 5.39 Å². The van der Waals surface area contributed by atoms with Crippen molar-refractivity contribution in [3.63, 3.8) is 0 Å². The first-order valence-corrected chi connectivity index (χ1v) is 13.7. The molecule has 0 saturated carbocycles. The Morgan fingerprint density at radius 1 is 1.08 bits per heavy atom. The highest BCUT2D eigenvalue weighted by Gasteiger charge is 2.27. The van der Waals surface area contributed by atoms with Crippen molar-refractivity contribution in [2.75, 3.05) is 31.1 Å². The lowest BCUT2D eigenvalue weighted by atomic mass is 10.1. The van der Waals surface area contributed by atoms with E-state index >= 15 is 0 Å². The highest BCUT2D eigenvalue weighted by atomic mass is 35.5. The van der Waals surface area contributed by atoms with E-state index in [1.54, 1.807) is 47.7 Å². The molecule has 9 heteroatoms. The number of carbonyl (C=O) groups excluding carboxylic acids is 1. The van der Waals surface area contributed by atoms with Crippen LogP contribution in [0.1, 0.15) is 25.6 Å². The molecule has 0 aliphatic carbocycles. The largest absolute Gasteiger partial charge is 0.468 e. The number of anilines is 1. The molecule has 0 spiro atoms. The maximum absolute atomic E-state index is 13.5. The molecule has 2 aromatic heterocycles. The van der Waals surface area contributed by atoms with Crippen LogP contribution in [0.3, 0.4) is 0 Å². The molecule has 2 aromatic carbocycles. The molecule has 0 N–H and O–H groups in total. The zero-order chi connectivity index (χ0) is 25.8. The van der Waals surface area contributed by atoms with Crippen molar-refractivity contribution in [1.82, 2.24) is 14.9 Å². The zero-order valence-electron chi connectivity index (χ0n) is 20.6. The monoisotopic (exact) mass is 538 g/mol. The molecule has 5 rings (SSSR count). The van der Waals surface area contributed by atoms with Crippen molar-refractivity contribution in [3.05, 3.63) is 71.3 Å². The van der Waals surface area contributed by atoms with Gasteiger partial charge in [0.2, 0.25) is 6.23 Å². The smallest absolute Gasteiger partial charge is 0.209 e. The lowest BCUT2D eigenvalue weighted by Gasteiger charge is -2.37. The van der Waals surface area contributed by atoms with Crippen molar-refractivity contribution in [2.24, 2.45) is 0 Å². The van der Waals surface area contributed by atoms with Gasteiger partial charge in [0, 0.05) is 42.5 Å². The lowest BCUT2D eigenvalue weighted by molar-refractivity contribution is -0.121. The van der Waals surface area contributed by atoms with Crippen LogP contribution in [0.25, 0.3) is 20.7 Å². The van der Waals surface area contributed by atoms with Gasteiger partial charge in [0.15, 0.2) is 6.29 Å². The average Bonchev–Trinajstić information content (AvgIpc) is 3.36. The van der Waals surface area contributed by atoms with Crippen molar-refractivity contribution in [1.29, 1.82) is 0 Å². The molecule has 1 atom stereocenters. The Morgan fingerprint density at radius 2 is 1.81 bits per heavy atom. The van der Waals surface area contributed by atoms with Gasteiger partial charge in [-0.05, 0) is 54.4 Å².